The number of methoxy groups -OCH3 is 2. The number of rotatable bonds is 4. The average Bonchev–Trinajstić information content (AvgIpc) is 3.00. The molecule has 0 spiro atoms. The maximum Gasteiger partial charge on any atom is 0.305 e. The first-order chi connectivity index (χ1) is 14.0. The molecule has 6 nitrogen and oxygen atoms in total. The van der Waals surface area contributed by atoms with Gasteiger partial charge in [-0.1, -0.05) is 0 Å². The van der Waals surface area contributed by atoms with E-state index in [1.165, 1.54) is 14.2 Å². The van der Waals surface area contributed by atoms with Crippen molar-refractivity contribution in [3.63, 3.8) is 0 Å². The number of halogens is 4. The Labute approximate surface area is 173 Å². The van der Waals surface area contributed by atoms with E-state index in [4.69, 9.17) is 0 Å². The lowest BCUT2D eigenvalue weighted by molar-refractivity contribution is -0.143. The summed E-state index contributed by atoms with van der Waals surface area (Å²) < 4.78 is 62.4. The number of piperidine rings is 2. The van der Waals surface area contributed by atoms with Gasteiger partial charge in [0.1, 0.15) is 0 Å². The van der Waals surface area contributed by atoms with Crippen LogP contribution in [0.3, 0.4) is 0 Å². The topological polar surface area (TPSA) is 76.7 Å². The molecular formula is C20H30F4N2O4. The first-order valence-electron chi connectivity index (χ1n) is 10.4. The van der Waals surface area contributed by atoms with Gasteiger partial charge in [-0.05, 0) is 37.5 Å². The zero-order valence-electron chi connectivity index (χ0n) is 17.3. The summed E-state index contributed by atoms with van der Waals surface area (Å²) in [5.74, 6) is -5.72. The molecule has 4 bridgehead atoms. The Morgan fingerprint density at radius 3 is 1.43 bits per heavy atom. The van der Waals surface area contributed by atoms with Gasteiger partial charge in [0.2, 0.25) is 0 Å². The van der Waals surface area contributed by atoms with Gasteiger partial charge in [0.15, 0.2) is 0 Å². The summed E-state index contributed by atoms with van der Waals surface area (Å²) in [4.78, 5) is 22.1. The molecule has 4 heterocycles. The van der Waals surface area contributed by atoms with E-state index in [2.05, 4.69) is 20.1 Å². The van der Waals surface area contributed by atoms with E-state index in [1.807, 2.05) is 0 Å². The lowest BCUT2D eigenvalue weighted by Crippen LogP contribution is -2.43. The molecule has 4 aliphatic heterocycles. The highest BCUT2D eigenvalue weighted by Crippen LogP contribution is 2.43. The van der Waals surface area contributed by atoms with Crippen LogP contribution in [0.4, 0.5) is 17.6 Å². The van der Waals surface area contributed by atoms with Crippen molar-refractivity contribution in [2.45, 2.75) is 87.4 Å². The molecule has 2 N–H and O–H groups in total. The van der Waals surface area contributed by atoms with Crippen LogP contribution in [0.15, 0.2) is 0 Å². The Balaban J connectivity index is 0.000000171. The number of carbonyl (C=O) groups excluding carboxylic acids is 2. The predicted octanol–water partition coefficient (Wildman–Crippen LogP) is 2.65. The van der Waals surface area contributed by atoms with Gasteiger partial charge in [-0.2, -0.15) is 0 Å². The highest BCUT2D eigenvalue weighted by molar-refractivity contribution is 5.69. The second-order valence-corrected chi connectivity index (χ2v) is 9.00. The minimum absolute atomic E-state index is 0.0436. The molecule has 0 aliphatic carbocycles. The SMILES string of the molecule is COC(=O)CC1C[C@@H]2CC(F)(F)[C@H](C1)N2.COC(=O)CC1C[C@H]2CC(F)(F)[C@@H](C1)N2. The molecule has 4 fully saturated rings. The number of hydrogen-bond acceptors (Lipinski definition) is 6. The van der Waals surface area contributed by atoms with E-state index in [-0.39, 0.29) is 61.5 Å². The Morgan fingerprint density at radius 2 is 1.13 bits per heavy atom. The highest BCUT2D eigenvalue weighted by atomic mass is 19.3. The zero-order chi connectivity index (χ0) is 22.1. The molecule has 4 saturated heterocycles. The molecule has 172 valence electrons. The van der Waals surface area contributed by atoms with Gasteiger partial charge in [0.25, 0.3) is 11.8 Å². The van der Waals surface area contributed by atoms with Gasteiger partial charge in [0.05, 0.1) is 26.3 Å². The Kier molecular flexibility index (Phi) is 6.96. The second kappa shape index (κ2) is 8.98. The Hall–Kier alpha value is -1.42. The van der Waals surface area contributed by atoms with E-state index in [0.717, 1.165) is 0 Å². The van der Waals surface area contributed by atoms with Gasteiger partial charge in [-0.25, -0.2) is 17.6 Å². The molecule has 0 aromatic carbocycles. The molecule has 6 atom stereocenters. The number of esters is 2. The standard InChI is InChI=1S/2C10H15F2NO2/c2*1-15-9(14)4-6-2-7-5-10(11,12)8(3-6)13-7/h2*6-8,13H,2-5H2,1H3/t2*6?,7-,8+/m10/s1. The Morgan fingerprint density at radius 1 is 0.767 bits per heavy atom. The number of ether oxygens (including phenoxy) is 2. The molecular weight excluding hydrogens is 408 g/mol. The molecule has 0 saturated carbocycles. The van der Waals surface area contributed by atoms with Crippen molar-refractivity contribution in [1.29, 1.82) is 0 Å². The first kappa shape index (κ1) is 23.2. The van der Waals surface area contributed by atoms with E-state index in [9.17, 15) is 27.2 Å². The quantitative estimate of drug-likeness (QED) is 0.519. The minimum Gasteiger partial charge on any atom is -0.469 e. The van der Waals surface area contributed by atoms with Crippen molar-refractivity contribution in [3.05, 3.63) is 0 Å². The molecule has 2 unspecified atom stereocenters. The predicted molar refractivity (Wildman–Crippen MR) is 99.3 cm³/mol. The molecule has 0 aromatic rings. The van der Waals surface area contributed by atoms with Crippen LogP contribution in [0.5, 0.6) is 0 Å². The minimum atomic E-state index is -2.60. The summed E-state index contributed by atoms with van der Waals surface area (Å²) in [6.45, 7) is 0. The number of carbonyl (C=O) groups is 2. The van der Waals surface area contributed by atoms with Crippen molar-refractivity contribution in [2.24, 2.45) is 11.8 Å². The normalized spacial score (nSPS) is 37.7. The van der Waals surface area contributed by atoms with Gasteiger partial charge in [-0.3, -0.25) is 9.59 Å². The third-order valence-corrected chi connectivity index (χ3v) is 6.67. The molecule has 0 amide bonds. The number of nitrogens with one attached hydrogen (secondary N) is 2. The highest BCUT2D eigenvalue weighted by Gasteiger charge is 2.53. The fourth-order valence-electron chi connectivity index (χ4n) is 5.29. The average molecular weight is 438 g/mol. The van der Waals surface area contributed by atoms with Crippen LogP contribution < -0.4 is 10.6 Å². The van der Waals surface area contributed by atoms with Crippen LogP contribution in [-0.4, -0.2) is 62.2 Å². The third-order valence-electron chi connectivity index (χ3n) is 6.67. The summed E-state index contributed by atoms with van der Waals surface area (Å²) in [6.07, 6.45) is 2.41. The first-order valence-corrected chi connectivity index (χ1v) is 10.4. The van der Waals surface area contributed by atoms with Crippen molar-refractivity contribution in [1.82, 2.24) is 10.6 Å². The smallest absolute Gasteiger partial charge is 0.305 e. The maximum atomic E-state index is 13.3. The molecule has 4 rings (SSSR count). The van der Waals surface area contributed by atoms with E-state index in [1.54, 1.807) is 0 Å². The second-order valence-electron chi connectivity index (χ2n) is 9.00. The summed E-state index contributed by atoms with van der Waals surface area (Å²) in [7, 11) is 2.65. The van der Waals surface area contributed by atoms with Gasteiger partial charge in [-0.15, -0.1) is 0 Å². The molecule has 10 heteroatoms. The number of alkyl halides is 4. The molecule has 30 heavy (non-hydrogen) atoms. The van der Waals surface area contributed by atoms with Crippen LogP contribution in [0.1, 0.15) is 51.4 Å². The van der Waals surface area contributed by atoms with Crippen LogP contribution in [-0.2, 0) is 19.1 Å². The van der Waals surface area contributed by atoms with Gasteiger partial charge >= 0.3 is 11.9 Å². The van der Waals surface area contributed by atoms with Crippen molar-refractivity contribution in [3.8, 4) is 0 Å². The summed E-state index contributed by atoms with van der Waals surface area (Å²) in [5.41, 5.74) is 0. The molecule has 4 aliphatic rings. The monoisotopic (exact) mass is 438 g/mol. The zero-order valence-corrected chi connectivity index (χ0v) is 17.3. The molecule has 0 radical (unpaired) electrons. The van der Waals surface area contributed by atoms with E-state index in [0.29, 0.717) is 25.7 Å². The fraction of sp³-hybridized carbons (Fsp3) is 0.900. The fourth-order valence-corrected chi connectivity index (χ4v) is 5.29. The lowest BCUT2D eigenvalue weighted by Gasteiger charge is -2.28. The third kappa shape index (κ3) is 5.43. The summed E-state index contributed by atoms with van der Waals surface area (Å²) in [6, 6.07) is -1.75. The maximum absolute atomic E-state index is 13.3. The van der Waals surface area contributed by atoms with Crippen LogP contribution in [0.25, 0.3) is 0 Å². The number of hydrogen-bond donors (Lipinski definition) is 2. The van der Waals surface area contributed by atoms with Crippen LogP contribution >= 0.6 is 0 Å². The lowest BCUT2D eigenvalue weighted by atomic mass is 9.89. The number of fused-ring (bicyclic) bond motifs is 4. The van der Waals surface area contributed by atoms with Crippen LogP contribution in [0, 0.1) is 11.8 Å². The van der Waals surface area contributed by atoms with Crippen molar-refractivity contribution >= 4 is 11.9 Å². The van der Waals surface area contributed by atoms with Gasteiger partial charge in [0, 0.05) is 37.8 Å². The van der Waals surface area contributed by atoms with E-state index < -0.39 is 23.9 Å². The van der Waals surface area contributed by atoms with Gasteiger partial charge < -0.3 is 20.1 Å². The van der Waals surface area contributed by atoms with E-state index >= 15 is 0 Å². The Bertz CT molecular complexity index is 594. The van der Waals surface area contributed by atoms with Crippen LogP contribution in [0.2, 0.25) is 0 Å². The largest absolute Gasteiger partial charge is 0.469 e. The van der Waals surface area contributed by atoms with Crippen molar-refractivity contribution in [2.75, 3.05) is 14.2 Å². The summed E-state index contributed by atoms with van der Waals surface area (Å²) in [5, 5.41) is 5.80. The molecule has 0 aromatic heterocycles. The summed E-state index contributed by atoms with van der Waals surface area (Å²) >= 11 is 0. The van der Waals surface area contributed by atoms with Crippen molar-refractivity contribution < 1.29 is 36.6 Å².